The fraction of sp³-hybridized carbons (Fsp3) is 0.615. The lowest BCUT2D eigenvalue weighted by molar-refractivity contribution is -0.146. The first-order chi connectivity index (χ1) is 16.8. The molecule has 1 aliphatic rings. The van der Waals surface area contributed by atoms with Crippen LogP contribution in [0, 0.1) is 11.8 Å². The van der Waals surface area contributed by atoms with Gasteiger partial charge in [-0.2, -0.15) is 0 Å². The Labute approximate surface area is 212 Å². The van der Waals surface area contributed by atoms with Crippen LogP contribution in [-0.2, 0) is 23.9 Å². The molecule has 1 aliphatic carbocycles. The van der Waals surface area contributed by atoms with Crippen molar-refractivity contribution in [2.24, 2.45) is 11.8 Å². The van der Waals surface area contributed by atoms with Crippen molar-refractivity contribution < 1.29 is 33.8 Å². The number of ether oxygens (including phenoxy) is 2. The van der Waals surface area contributed by atoms with E-state index < -0.39 is 48.1 Å². The maximum absolute atomic E-state index is 14.1. The standard InChI is InChI=1S/C26H39N3O7/c1-8-15(2)21(28-25(34)36-26(4,5)6)24(33)29(18-13-16(18)3)22(17-11-9-10-12-19(17)30)23(32)27-14-20(31)35-7/h9-12,15-16,18,21-22,30H,8,13-14H2,1-7H3,(H,27,32)(H,28,34). The van der Waals surface area contributed by atoms with Crippen LogP contribution in [0.1, 0.15) is 66.0 Å². The number of hydrogen-bond donors (Lipinski definition) is 3. The molecule has 1 saturated carbocycles. The average Bonchev–Trinajstić information content (AvgIpc) is 3.53. The third kappa shape index (κ3) is 7.60. The molecule has 5 unspecified atom stereocenters. The maximum atomic E-state index is 14.1. The summed E-state index contributed by atoms with van der Waals surface area (Å²) in [6.45, 7) is 10.5. The number of carbonyl (C=O) groups excluding carboxylic acids is 4. The third-order valence-corrected chi connectivity index (χ3v) is 6.22. The molecule has 5 atom stereocenters. The van der Waals surface area contributed by atoms with E-state index in [0.29, 0.717) is 12.8 Å². The Morgan fingerprint density at radius 3 is 2.31 bits per heavy atom. The zero-order chi connectivity index (χ0) is 27.2. The van der Waals surface area contributed by atoms with Gasteiger partial charge in [0.15, 0.2) is 0 Å². The summed E-state index contributed by atoms with van der Waals surface area (Å²) in [5.74, 6) is -2.09. The van der Waals surface area contributed by atoms with Crippen molar-refractivity contribution in [2.75, 3.05) is 13.7 Å². The summed E-state index contributed by atoms with van der Waals surface area (Å²) >= 11 is 0. The monoisotopic (exact) mass is 505 g/mol. The number of carbonyl (C=O) groups is 4. The van der Waals surface area contributed by atoms with Crippen molar-refractivity contribution in [1.82, 2.24) is 15.5 Å². The van der Waals surface area contributed by atoms with Gasteiger partial charge in [0.1, 0.15) is 30.0 Å². The second-order valence-electron chi connectivity index (χ2n) is 10.3. The fourth-order valence-corrected chi connectivity index (χ4v) is 3.91. The largest absolute Gasteiger partial charge is 0.508 e. The van der Waals surface area contributed by atoms with Gasteiger partial charge in [0, 0.05) is 11.6 Å². The van der Waals surface area contributed by atoms with Gasteiger partial charge in [0.25, 0.3) is 0 Å². The predicted molar refractivity (Wildman–Crippen MR) is 133 cm³/mol. The second-order valence-corrected chi connectivity index (χ2v) is 10.3. The zero-order valence-electron chi connectivity index (χ0n) is 22.2. The molecule has 0 saturated heterocycles. The minimum atomic E-state index is -1.23. The van der Waals surface area contributed by atoms with E-state index in [9.17, 15) is 24.3 Å². The molecule has 10 heteroatoms. The SMILES string of the molecule is CCC(C)C(NC(=O)OC(C)(C)C)C(=O)N(C(C(=O)NCC(=O)OC)c1ccccc1O)C1CC1C. The summed E-state index contributed by atoms with van der Waals surface area (Å²) in [4.78, 5) is 53.3. The van der Waals surface area contributed by atoms with Gasteiger partial charge < -0.3 is 30.1 Å². The minimum absolute atomic E-state index is 0.106. The van der Waals surface area contributed by atoms with E-state index in [4.69, 9.17) is 4.74 Å². The number of aromatic hydroxyl groups is 1. The molecule has 200 valence electrons. The normalized spacial score (nSPS) is 19.3. The molecule has 2 rings (SSSR count). The van der Waals surface area contributed by atoms with Crippen LogP contribution in [0.3, 0.4) is 0 Å². The highest BCUT2D eigenvalue weighted by atomic mass is 16.6. The first kappa shape index (κ1) is 28.9. The Kier molecular flexibility index (Phi) is 9.72. The molecule has 10 nitrogen and oxygen atoms in total. The molecule has 1 aromatic carbocycles. The predicted octanol–water partition coefficient (Wildman–Crippen LogP) is 2.90. The topological polar surface area (TPSA) is 134 Å². The summed E-state index contributed by atoms with van der Waals surface area (Å²) in [6, 6.07) is 3.76. The number of phenolic OH excluding ortho intramolecular Hbond substituents is 1. The van der Waals surface area contributed by atoms with E-state index in [1.165, 1.54) is 18.1 Å². The number of nitrogens with one attached hydrogen (secondary N) is 2. The lowest BCUT2D eigenvalue weighted by atomic mass is 9.95. The van der Waals surface area contributed by atoms with Gasteiger partial charge in [-0.3, -0.25) is 14.4 Å². The molecule has 0 bridgehead atoms. The van der Waals surface area contributed by atoms with Crippen LogP contribution in [0.15, 0.2) is 24.3 Å². The highest BCUT2D eigenvalue weighted by Crippen LogP contribution is 2.42. The van der Waals surface area contributed by atoms with Crippen LogP contribution in [0.5, 0.6) is 5.75 Å². The number of hydrogen-bond acceptors (Lipinski definition) is 7. The van der Waals surface area contributed by atoms with Crippen LogP contribution in [0.4, 0.5) is 4.79 Å². The zero-order valence-corrected chi connectivity index (χ0v) is 22.2. The highest BCUT2D eigenvalue weighted by Gasteiger charge is 2.49. The fourth-order valence-electron chi connectivity index (χ4n) is 3.91. The number of para-hydroxylation sites is 1. The number of esters is 1. The number of alkyl carbamates (subject to hydrolysis) is 1. The molecule has 36 heavy (non-hydrogen) atoms. The Hall–Kier alpha value is -3.30. The second kappa shape index (κ2) is 12.1. The van der Waals surface area contributed by atoms with Gasteiger partial charge in [0.2, 0.25) is 11.8 Å². The summed E-state index contributed by atoms with van der Waals surface area (Å²) < 4.78 is 10.0. The van der Waals surface area contributed by atoms with Crippen LogP contribution < -0.4 is 10.6 Å². The molecule has 0 aromatic heterocycles. The van der Waals surface area contributed by atoms with Gasteiger partial charge in [0.05, 0.1) is 7.11 Å². The van der Waals surface area contributed by atoms with Crippen molar-refractivity contribution >= 4 is 23.9 Å². The van der Waals surface area contributed by atoms with Crippen LogP contribution >= 0.6 is 0 Å². The van der Waals surface area contributed by atoms with Gasteiger partial charge in [-0.05, 0) is 45.1 Å². The van der Waals surface area contributed by atoms with Gasteiger partial charge in [-0.25, -0.2) is 4.79 Å². The van der Waals surface area contributed by atoms with Gasteiger partial charge >= 0.3 is 12.1 Å². The number of benzene rings is 1. The lowest BCUT2D eigenvalue weighted by Crippen LogP contribution is -2.56. The number of phenols is 1. The molecule has 0 heterocycles. The maximum Gasteiger partial charge on any atom is 0.408 e. The van der Waals surface area contributed by atoms with E-state index in [0.717, 1.165) is 0 Å². The smallest absolute Gasteiger partial charge is 0.408 e. The minimum Gasteiger partial charge on any atom is -0.508 e. The van der Waals surface area contributed by atoms with Crippen LogP contribution in [0.25, 0.3) is 0 Å². The molecule has 0 radical (unpaired) electrons. The molecular weight excluding hydrogens is 466 g/mol. The molecule has 3 amide bonds. The van der Waals surface area contributed by atoms with Crippen LogP contribution in [0.2, 0.25) is 0 Å². The Balaban J connectivity index is 2.51. The van der Waals surface area contributed by atoms with Crippen molar-refractivity contribution in [3.8, 4) is 5.75 Å². The Morgan fingerprint density at radius 2 is 1.81 bits per heavy atom. The number of methoxy groups -OCH3 is 1. The summed E-state index contributed by atoms with van der Waals surface area (Å²) in [7, 11) is 1.20. The third-order valence-electron chi connectivity index (χ3n) is 6.22. The van der Waals surface area contributed by atoms with Crippen molar-refractivity contribution in [3.05, 3.63) is 29.8 Å². The Bertz CT molecular complexity index is 959. The van der Waals surface area contributed by atoms with E-state index in [2.05, 4.69) is 15.4 Å². The van der Waals surface area contributed by atoms with E-state index in [-0.39, 0.29) is 29.2 Å². The summed E-state index contributed by atoms with van der Waals surface area (Å²) in [6.07, 6.45) is 0.495. The van der Waals surface area contributed by atoms with Crippen LogP contribution in [-0.4, -0.2) is 65.2 Å². The van der Waals surface area contributed by atoms with Gasteiger partial charge in [-0.15, -0.1) is 0 Å². The molecule has 0 spiro atoms. The van der Waals surface area contributed by atoms with Crippen molar-refractivity contribution in [1.29, 1.82) is 0 Å². The summed E-state index contributed by atoms with van der Waals surface area (Å²) in [5, 5.41) is 15.8. The first-order valence-corrected chi connectivity index (χ1v) is 12.2. The van der Waals surface area contributed by atoms with Crippen molar-refractivity contribution in [3.63, 3.8) is 0 Å². The van der Waals surface area contributed by atoms with E-state index in [1.54, 1.807) is 39.0 Å². The lowest BCUT2D eigenvalue weighted by Gasteiger charge is -2.36. The molecule has 3 N–H and O–H groups in total. The van der Waals surface area contributed by atoms with Crippen molar-refractivity contribution in [2.45, 2.75) is 78.1 Å². The molecule has 0 aliphatic heterocycles. The van der Waals surface area contributed by atoms with E-state index in [1.807, 2.05) is 20.8 Å². The molecule has 1 aromatic rings. The number of amides is 3. The Morgan fingerprint density at radius 1 is 1.19 bits per heavy atom. The van der Waals surface area contributed by atoms with Gasteiger partial charge in [-0.1, -0.05) is 45.4 Å². The number of rotatable bonds is 10. The molecular formula is C26H39N3O7. The van der Waals surface area contributed by atoms with E-state index >= 15 is 0 Å². The first-order valence-electron chi connectivity index (χ1n) is 12.2. The highest BCUT2D eigenvalue weighted by molar-refractivity contribution is 5.94. The quantitative estimate of drug-likeness (QED) is 0.416. The average molecular weight is 506 g/mol. The summed E-state index contributed by atoms with van der Waals surface area (Å²) in [5.41, 5.74) is -0.545. The number of nitrogens with zero attached hydrogens (tertiary/aromatic N) is 1. The molecule has 1 fully saturated rings.